The quantitative estimate of drug-likeness (QED) is 0.803. The van der Waals surface area contributed by atoms with Crippen molar-refractivity contribution in [2.45, 2.75) is 18.9 Å². The molecule has 1 aromatic rings. The standard InChI is InChI=1S/C10H9ClFNO/c11-6-1-4-8(9(12)5-6)10(14)13-7-2-3-7/h1,4-5,7H,2-3H2,(H,13,14). The molecule has 0 aromatic heterocycles. The van der Waals surface area contributed by atoms with Crippen molar-refractivity contribution in [3.63, 3.8) is 0 Å². The molecule has 2 rings (SSSR count). The summed E-state index contributed by atoms with van der Waals surface area (Å²) in [6.45, 7) is 0. The molecule has 0 saturated heterocycles. The van der Waals surface area contributed by atoms with Crippen LogP contribution in [0.4, 0.5) is 4.39 Å². The first-order valence-electron chi connectivity index (χ1n) is 4.43. The van der Waals surface area contributed by atoms with E-state index in [9.17, 15) is 9.18 Å². The zero-order valence-electron chi connectivity index (χ0n) is 7.39. The Labute approximate surface area is 86.1 Å². The highest BCUT2D eigenvalue weighted by Gasteiger charge is 2.24. The third-order valence-electron chi connectivity index (χ3n) is 2.09. The van der Waals surface area contributed by atoms with Crippen molar-refractivity contribution in [1.29, 1.82) is 0 Å². The molecule has 0 aliphatic heterocycles. The van der Waals surface area contributed by atoms with Crippen LogP contribution in [0.25, 0.3) is 0 Å². The monoisotopic (exact) mass is 213 g/mol. The van der Waals surface area contributed by atoms with Gasteiger partial charge in [-0.15, -0.1) is 0 Å². The first kappa shape index (κ1) is 9.46. The van der Waals surface area contributed by atoms with Crippen LogP contribution in [0.15, 0.2) is 18.2 Å². The lowest BCUT2D eigenvalue weighted by Crippen LogP contribution is -2.26. The average molecular weight is 214 g/mol. The number of hydrogen-bond donors (Lipinski definition) is 1. The summed E-state index contributed by atoms with van der Waals surface area (Å²) in [5.41, 5.74) is 0.0568. The van der Waals surface area contributed by atoms with Crippen LogP contribution in [0.3, 0.4) is 0 Å². The molecule has 14 heavy (non-hydrogen) atoms. The van der Waals surface area contributed by atoms with E-state index < -0.39 is 5.82 Å². The fourth-order valence-corrected chi connectivity index (χ4v) is 1.32. The lowest BCUT2D eigenvalue weighted by molar-refractivity contribution is 0.0947. The number of hydrogen-bond acceptors (Lipinski definition) is 1. The van der Waals surface area contributed by atoms with E-state index in [4.69, 9.17) is 11.6 Å². The molecule has 0 atom stereocenters. The Morgan fingerprint density at radius 2 is 2.21 bits per heavy atom. The summed E-state index contributed by atoms with van der Waals surface area (Å²) in [5.74, 6) is -0.933. The summed E-state index contributed by atoms with van der Waals surface area (Å²) >= 11 is 5.57. The molecule has 74 valence electrons. The second kappa shape index (κ2) is 3.58. The maximum absolute atomic E-state index is 13.2. The summed E-state index contributed by atoms with van der Waals surface area (Å²) in [6.07, 6.45) is 1.97. The second-order valence-electron chi connectivity index (χ2n) is 3.37. The van der Waals surface area contributed by atoms with E-state index in [1.54, 1.807) is 0 Å². The Morgan fingerprint density at radius 1 is 1.50 bits per heavy atom. The lowest BCUT2D eigenvalue weighted by atomic mass is 10.2. The fourth-order valence-electron chi connectivity index (χ4n) is 1.16. The van der Waals surface area contributed by atoms with Gasteiger partial charge in [0.1, 0.15) is 5.82 Å². The van der Waals surface area contributed by atoms with Crippen LogP contribution in [-0.4, -0.2) is 11.9 Å². The van der Waals surface area contributed by atoms with Crippen molar-refractivity contribution in [2.24, 2.45) is 0 Å². The van der Waals surface area contributed by atoms with Crippen LogP contribution in [0.5, 0.6) is 0 Å². The minimum Gasteiger partial charge on any atom is -0.349 e. The van der Waals surface area contributed by atoms with Gasteiger partial charge in [-0.2, -0.15) is 0 Å². The van der Waals surface area contributed by atoms with Crippen molar-refractivity contribution in [3.8, 4) is 0 Å². The number of rotatable bonds is 2. The molecule has 2 nitrogen and oxygen atoms in total. The highest BCUT2D eigenvalue weighted by molar-refractivity contribution is 6.30. The number of nitrogens with one attached hydrogen (secondary N) is 1. The molecule has 1 aliphatic carbocycles. The van der Waals surface area contributed by atoms with E-state index in [0.29, 0.717) is 5.02 Å². The van der Waals surface area contributed by atoms with Crippen molar-refractivity contribution < 1.29 is 9.18 Å². The summed E-state index contributed by atoms with van der Waals surface area (Å²) in [6, 6.07) is 4.28. The highest BCUT2D eigenvalue weighted by atomic mass is 35.5. The first-order valence-corrected chi connectivity index (χ1v) is 4.80. The molecule has 0 bridgehead atoms. The third-order valence-corrected chi connectivity index (χ3v) is 2.32. The molecule has 0 heterocycles. The topological polar surface area (TPSA) is 29.1 Å². The summed E-state index contributed by atoms with van der Waals surface area (Å²) in [5, 5.41) is 3.01. The zero-order chi connectivity index (χ0) is 10.1. The van der Waals surface area contributed by atoms with E-state index >= 15 is 0 Å². The van der Waals surface area contributed by atoms with Gasteiger partial charge in [0.25, 0.3) is 5.91 Å². The van der Waals surface area contributed by atoms with Crippen LogP contribution in [0.2, 0.25) is 5.02 Å². The number of carbonyl (C=O) groups excluding carboxylic acids is 1. The van der Waals surface area contributed by atoms with Gasteiger partial charge in [-0.05, 0) is 31.0 Å². The molecule has 0 radical (unpaired) electrons. The Kier molecular flexibility index (Phi) is 2.42. The largest absolute Gasteiger partial charge is 0.349 e. The first-order chi connectivity index (χ1) is 6.66. The Hall–Kier alpha value is -1.09. The average Bonchev–Trinajstić information content (AvgIpc) is 2.87. The molecular formula is C10H9ClFNO. The van der Waals surface area contributed by atoms with Gasteiger partial charge in [0, 0.05) is 11.1 Å². The van der Waals surface area contributed by atoms with Gasteiger partial charge >= 0.3 is 0 Å². The molecule has 4 heteroatoms. The molecule has 1 saturated carbocycles. The van der Waals surface area contributed by atoms with E-state index in [0.717, 1.165) is 18.9 Å². The van der Waals surface area contributed by atoms with Crippen LogP contribution in [0.1, 0.15) is 23.2 Å². The van der Waals surface area contributed by atoms with E-state index in [1.165, 1.54) is 12.1 Å². The number of amides is 1. The van der Waals surface area contributed by atoms with Crippen LogP contribution >= 0.6 is 11.6 Å². The van der Waals surface area contributed by atoms with Crippen LogP contribution < -0.4 is 5.32 Å². The normalized spacial score (nSPS) is 15.3. The molecule has 0 spiro atoms. The predicted octanol–water partition coefficient (Wildman–Crippen LogP) is 2.37. The minimum absolute atomic E-state index is 0.0568. The van der Waals surface area contributed by atoms with E-state index in [1.807, 2.05) is 0 Å². The molecule has 0 unspecified atom stereocenters. The van der Waals surface area contributed by atoms with Gasteiger partial charge in [0.15, 0.2) is 0 Å². The van der Waals surface area contributed by atoms with E-state index in [2.05, 4.69) is 5.32 Å². The van der Waals surface area contributed by atoms with Crippen molar-refractivity contribution in [2.75, 3.05) is 0 Å². The molecular weight excluding hydrogens is 205 g/mol. The maximum Gasteiger partial charge on any atom is 0.254 e. The predicted molar refractivity (Wildman–Crippen MR) is 51.9 cm³/mol. The maximum atomic E-state index is 13.2. The molecule has 1 amide bonds. The van der Waals surface area contributed by atoms with Crippen LogP contribution in [-0.2, 0) is 0 Å². The van der Waals surface area contributed by atoms with Crippen molar-refractivity contribution in [1.82, 2.24) is 5.32 Å². The van der Waals surface area contributed by atoms with Gasteiger partial charge in [-0.25, -0.2) is 4.39 Å². The second-order valence-corrected chi connectivity index (χ2v) is 3.81. The summed E-state index contributed by atoms with van der Waals surface area (Å²) in [7, 11) is 0. The smallest absolute Gasteiger partial charge is 0.254 e. The van der Waals surface area contributed by atoms with Gasteiger partial charge in [0.2, 0.25) is 0 Å². The van der Waals surface area contributed by atoms with E-state index in [-0.39, 0.29) is 17.5 Å². The van der Waals surface area contributed by atoms with Crippen molar-refractivity contribution in [3.05, 3.63) is 34.6 Å². The van der Waals surface area contributed by atoms with Gasteiger partial charge in [0.05, 0.1) is 5.56 Å². The van der Waals surface area contributed by atoms with Gasteiger partial charge in [-0.1, -0.05) is 11.6 Å². The fraction of sp³-hybridized carbons (Fsp3) is 0.300. The number of halogens is 2. The third kappa shape index (κ3) is 2.04. The lowest BCUT2D eigenvalue weighted by Gasteiger charge is -2.04. The summed E-state index contributed by atoms with van der Waals surface area (Å²) in [4.78, 5) is 11.4. The molecule has 1 N–H and O–H groups in total. The van der Waals surface area contributed by atoms with Crippen molar-refractivity contribution >= 4 is 17.5 Å². The Bertz CT molecular complexity index is 376. The van der Waals surface area contributed by atoms with Gasteiger partial charge in [-0.3, -0.25) is 4.79 Å². The Balaban J connectivity index is 2.17. The minimum atomic E-state index is -0.573. The number of benzene rings is 1. The zero-order valence-corrected chi connectivity index (χ0v) is 8.14. The van der Waals surface area contributed by atoms with Gasteiger partial charge < -0.3 is 5.32 Å². The summed E-state index contributed by atoms with van der Waals surface area (Å²) < 4.78 is 13.2. The SMILES string of the molecule is O=C(NC1CC1)c1ccc(Cl)cc1F. The Morgan fingerprint density at radius 3 is 2.79 bits per heavy atom. The van der Waals surface area contributed by atoms with Crippen LogP contribution in [0, 0.1) is 5.82 Å². The molecule has 1 aliphatic rings. The molecule has 1 aromatic carbocycles. The highest BCUT2D eigenvalue weighted by Crippen LogP contribution is 2.20. The molecule has 1 fully saturated rings. The number of carbonyl (C=O) groups is 1.